The lowest BCUT2D eigenvalue weighted by Gasteiger charge is -2.32. The summed E-state index contributed by atoms with van der Waals surface area (Å²) in [7, 11) is 0. The van der Waals surface area contributed by atoms with E-state index in [2.05, 4.69) is 15.8 Å². The van der Waals surface area contributed by atoms with E-state index in [4.69, 9.17) is 4.52 Å². The van der Waals surface area contributed by atoms with Crippen LogP contribution in [0.2, 0.25) is 0 Å². The predicted molar refractivity (Wildman–Crippen MR) is 83.7 cm³/mol. The van der Waals surface area contributed by atoms with E-state index in [9.17, 15) is 9.90 Å². The van der Waals surface area contributed by atoms with Gasteiger partial charge in [0.25, 0.3) is 0 Å². The molecule has 1 fully saturated rings. The summed E-state index contributed by atoms with van der Waals surface area (Å²) < 4.78 is 5.11. The van der Waals surface area contributed by atoms with E-state index in [-0.39, 0.29) is 6.03 Å². The van der Waals surface area contributed by atoms with Crippen molar-refractivity contribution in [2.45, 2.75) is 64.4 Å². The second kappa shape index (κ2) is 7.63. The topological polar surface area (TPSA) is 87.4 Å². The molecule has 1 heterocycles. The third kappa shape index (κ3) is 4.73. The number of hydrogen-bond donors (Lipinski definition) is 3. The summed E-state index contributed by atoms with van der Waals surface area (Å²) in [5, 5.41) is 19.8. The fourth-order valence-electron chi connectivity index (χ4n) is 3.02. The van der Waals surface area contributed by atoms with Crippen LogP contribution in [0.5, 0.6) is 0 Å². The monoisotopic (exact) mass is 309 g/mol. The highest BCUT2D eigenvalue weighted by Crippen LogP contribution is 2.27. The Balaban J connectivity index is 1.62. The van der Waals surface area contributed by atoms with Crippen molar-refractivity contribution in [2.75, 3.05) is 13.1 Å². The molecule has 0 aromatic carbocycles. The van der Waals surface area contributed by atoms with Crippen LogP contribution in [0, 0.1) is 13.8 Å². The van der Waals surface area contributed by atoms with E-state index >= 15 is 0 Å². The molecule has 0 unspecified atom stereocenters. The van der Waals surface area contributed by atoms with Crippen molar-refractivity contribution in [3.8, 4) is 0 Å². The number of rotatable bonds is 6. The minimum atomic E-state index is -0.716. The van der Waals surface area contributed by atoms with Gasteiger partial charge in [-0.3, -0.25) is 0 Å². The first-order valence-corrected chi connectivity index (χ1v) is 8.16. The second-order valence-electron chi connectivity index (χ2n) is 6.30. The summed E-state index contributed by atoms with van der Waals surface area (Å²) in [6, 6.07) is -0.210. The molecule has 1 aromatic heterocycles. The van der Waals surface area contributed by atoms with Gasteiger partial charge in [-0.2, -0.15) is 0 Å². The standard InChI is InChI=1S/C16H27N3O3/c1-12-14(13(2)22-19-12)7-6-10-17-15(20)18-11-16(21)8-4-3-5-9-16/h21H,3-11H2,1-2H3,(H2,17,18,20). The molecule has 1 aliphatic carbocycles. The largest absolute Gasteiger partial charge is 0.388 e. The summed E-state index contributed by atoms with van der Waals surface area (Å²) in [6.45, 7) is 4.76. The number of carbonyl (C=O) groups is 1. The maximum Gasteiger partial charge on any atom is 0.314 e. The van der Waals surface area contributed by atoms with Gasteiger partial charge in [-0.05, 0) is 39.5 Å². The van der Waals surface area contributed by atoms with Gasteiger partial charge in [0, 0.05) is 18.7 Å². The molecule has 2 rings (SSSR count). The van der Waals surface area contributed by atoms with E-state index in [1.54, 1.807) is 0 Å². The molecule has 1 aliphatic rings. The summed E-state index contributed by atoms with van der Waals surface area (Å²) in [6.07, 6.45) is 6.48. The maximum absolute atomic E-state index is 11.8. The highest BCUT2D eigenvalue weighted by atomic mass is 16.5. The summed E-state index contributed by atoms with van der Waals surface area (Å²) in [5.74, 6) is 0.849. The number of nitrogens with one attached hydrogen (secondary N) is 2. The van der Waals surface area contributed by atoms with Crippen LogP contribution in [0.4, 0.5) is 4.79 Å². The molecular formula is C16H27N3O3. The Bertz CT molecular complexity index is 473. The van der Waals surface area contributed by atoms with Gasteiger partial charge in [-0.25, -0.2) is 4.79 Å². The lowest BCUT2D eigenvalue weighted by molar-refractivity contribution is 0.00720. The minimum absolute atomic E-state index is 0.210. The van der Waals surface area contributed by atoms with Gasteiger partial charge in [0.15, 0.2) is 0 Å². The molecule has 6 nitrogen and oxygen atoms in total. The van der Waals surface area contributed by atoms with Crippen molar-refractivity contribution >= 4 is 6.03 Å². The predicted octanol–water partition coefficient (Wildman–Crippen LogP) is 2.22. The molecule has 0 saturated heterocycles. The molecule has 0 aliphatic heterocycles. The first-order valence-electron chi connectivity index (χ1n) is 8.16. The van der Waals surface area contributed by atoms with Crippen molar-refractivity contribution in [1.29, 1.82) is 0 Å². The molecule has 0 radical (unpaired) electrons. The van der Waals surface area contributed by atoms with Crippen LogP contribution in [-0.2, 0) is 6.42 Å². The van der Waals surface area contributed by atoms with E-state index in [0.717, 1.165) is 55.5 Å². The minimum Gasteiger partial charge on any atom is -0.388 e. The quantitative estimate of drug-likeness (QED) is 0.703. The zero-order chi connectivity index (χ0) is 16.0. The Kier molecular flexibility index (Phi) is 5.83. The maximum atomic E-state index is 11.8. The van der Waals surface area contributed by atoms with Gasteiger partial charge in [0.1, 0.15) is 5.76 Å². The second-order valence-corrected chi connectivity index (χ2v) is 6.30. The number of amides is 2. The summed E-state index contributed by atoms with van der Waals surface area (Å²) in [4.78, 5) is 11.8. The third-order valence-electron chi connectivity index (χ3n) is 4.43. The molecule has 0 atom stereocenters. The number of urea groups is 1. The number of hydrogen-bond acceptors (Lipinski definition) is 4. The molecule has 1 saturated carbocycles. The summed E-state index contributed by atoms with van der Waals surface area (Å²) in [5.41, 5.74) is 1.33. The van der Waals surface area contributed by atoms with E-state index < -0.39 is 5.60 Å². The molecule has 3 N–H and O–H groups in total. The average molecular weight is 309 g/mol. The van der Waals surface area contributed by atoms with Gasteiger partial charge in [0.2, 0.25) is 0 Å². The Morgan fingerprint density at radius 3 is 2.64 bits per heavy atom. The first kappa shape index (κ1) is 16.8. The number of aliphatic hydroxyl groups is 1. The molecule has 2 amide bonds. The number of aryl methyl sites for hydroxylation is 2. The van der Waals surface area contributed by atoms with Crippen LogP contribution >= 0.6 is 0 Å². The molecule has 0 spiro atoms. The first-order chi connectivity index (χ1) is 10.5. The molecule has 6 heteroatoms. The van der Waals surface area contributed by atoms with E-state index in [1.807, 2.05) is 13.8 Å². The lowest BCUT2D eigenvalue weighted by atomic mass is 9.85. The van der Waals surface area contributed by atoms with Gasteiger partial charge in [-0.1, -0.05) is 24.4 Å². The van der Waals surface area contributed by atoms with Gasteiger partial charge >= 0.3 is 6.03 Å². The van der Waals surface area contributed by atoms with Gasteiger partial charge < -0.3 is 20.3 Å². The Morgan fingerprint density at radius 1 is 1.27 bits per heavy atom. The molecule has 0 bridgehead atoms. The molecular weight excluding hydrogens is 282 g/mol. The van der Waals surface area contributed by atoms with Crippen LogP contribution in [-0.4, -0.2) is 35.0 Å². The van der Waals surface area contributed by atoms with Crippen LogP contribution < -0.4 is 10.6 Å². The zero-order valence-electron chi connectivity index (χ0n) is 13.6. The Hall–Kier alpha value is -1.56. The Labute approximate surface area is 131 Å². The van der Waals surface area contributed by atoms with Crippen LogP contribution in [0.25, 0.3) is 0 Å². The number of aromatic nitrogens is 1. The molecule has 124 valence electrons. The van der Waals surface area contributed by atoms with Crippen LogP contribution in [0.3, 0.4) is 0 Å². The average Bonchev–Trinajstić information content (AvgIpc) is 2.82. The number of carbonyl (C=O) groups excluding carboxylic acids is 1. The fraction of sp³-hybridized carbons (Fsp3) is 0.750. The Morgan fingerprint density at radius 2 is 2.00 bits per heavy atom. The molecule has 1 aromatic rings. The lowest BCUT2D eigenvalue weighted by Crippen LogP contribution is -2.47. The van der Waals surface area contributed by atoms with Crippen molar-refractivity contribution in [1.82, 2.24) is 15.8 Å². The van der Waals surface area contributed by atoms with Crippen molar-refractivity contribution in [3.05, 3.63) is 17.0 Å². The SMILES string of the molecule is Cc1noc(C)c1CCCNC(=O)NCC1(O)CCCCC1. The third-order valence-corrected chi connectivity index (χ3v) is 4.43. The van der Waals surface area contributed by atoms with Crippen LogP contribution in [0.15, 0.2) is 4.52 Å². The van der Waals surface area contributed by atoms with Crippen molar-refractivity contribution in [2.24, 2.45) is 0 Å². The van der Waals surface area contributed by atoms with Crippen molar-refractivity contribution in [3.63, 3.8) is 0 Å². The molecule has 22 heavy (non-hydrogen) atoms. The fourth-order valence-corrected chi connectivity index (χ4v) is 3.02. The normalized spacial score (nSPS) is 17.2. The summed E-state index contributed by atoms with van der Waals surface area (Å²) >= 11 is 0. The zero-order valence-corrected chi connectivity index (χ0v) is 13.6. The number of nitrogens with zero attached hydrogens (tertiary/aromatic N) is 1. The van der Waals surface area contributed by atoms with E-state index in [0.29, 0.717) is 13.1 Å². The van der Waals surface area contributed by atoms with Gasteiger partial charge in [0.05, 0.1) is 11.3 Å². The smallest absolute Gasteiger partial charge is 0.314 e. The van der Waals surface area contributed by atoms with E-state index in [1.165, 1.54) is 6.42 Å². The highest BCUT2D eigenvalue weighted by Gasteiger charge is 2.29. The van der Waals surface area contributed by atoms with Crippen LogP contribution in [0.1, 0.15) is 55.5 Å². The highest BCUT2D eigenvalue weighted by molar-refractivity contribution is 5.73. The van der Waals surface area contributed by atoms with Gasteiger partial charge in [-0.15, -0.1) is 0 Å². The van der Waals surface area contributed by atoms with Crippen molar-refractivity contribution < 1.29 is 14.4 Å².